The number of aryl methyl sites for hydroxylation is 1. The minimum Gasteiger partial charge on any atom is -0.505 e. The Bertz CT molecular complexity index is 1770. The van der Waals surface area contributed by atoms with Crippen molar-refractivity contribution in [2.45, 2.75) is 20.3 Å². The van der Waals surface area contributed by atoms with E-state index in [1.807, 2.05) is 68.4 Å². The molecule has 210 valence electrons. The first kappa shape index (κ1) is 28.0. The fourth-order valence-electron chi connectivity index (χ4n) is 4.56. The number of anilines is 2. The van der Waals surface area contributed by atoms with Crippen molar-refractivity contribution >= 4 is 45.3 Å². The summed E-state index contributed by atoms with van der Waals surface area (Å²) in [6.07, 6.45) is 0.598. The molecule has 8 heteroatoms. The maximum atomic E-state index is 13.2. The zero-order valence-electron chi connectivity index (χ0n) is 23.3. The van der Waals surface area contributed by atoms with Gasteiger partial charge in [-0.1, -0.05) is 67.6 Å². The van der Waals surface area contributed by atoms with Gasteiger partial charge in [0.15, 0.2) is 5.75 Å². The Labute approximate surface area is 243 Å². The van der Waals surface area contributed by atoms with Crippen molar-refractivity contribution < 1.29 is 19.4 Å². The van der Waals surface area contributed by atoms with Gasteiger partial charge in [-0.15, -0.1) is 10.2 Å². The fourth-order valence-corrected chi connectivity index (χ4v) is 4.56. The maximum Gasteiger partial charge on any atom is 0.259 e. The highest BCUT2D eigenvalue weighted by molar-refractivity contribution is 6.11. The normalized spacial score (nSPS) is 11.0. The van der Waals surface area contributed by atoms with Crippen molar-refractivity contribution in [2.75, 3.05) is 17.2 Å². The molecule has 0 saturated carbocycles. The van der Waals surface area contributed by atoms with Gasteiger partial charge in [-0.2, -0.15) is 0 Å². The van der Waals surface area contributed by atoms with Crippen molar-refractivity contribution in [2.24, 2.45) is 10.2 Å². The number of ether oxygens (including phenoxy) is 1. The molecule has 0 fully saturated rings. The van der Waals surface area contributed by atoms with Gasteiger partial charge >= 0.3 is 0 Å². The molecule has 3 N–H and O–H groups in total. The Morgan fingerprint density at radius 3 is 2.19 bits per heavy atom. The largest absolute Gasteiger partial charge is 0.505 e. The highest BCUT2D eigenvalue weighted by Crippen LogP contribution is 2.41. The second-order valence-corrected chi connectivity index (χ2v) is 9.45. The molecule has 0 aliphatic heterocycles. The summed E-state index contributed by atoms with van der Waals surface area (Å²) in [6.45, 7) is 4.20. The number of benzene rings is 5. The first-order chi connectivity index (χ1) is 20.5. The number of fused-ring (bicyclic) bond motifs is 1. The summed E-state index contributed by atoms with van der Waals surface area (Å²) in [7, 11) is 0. The van der Waals surface area contributed by atoms with E-state index < -0.39 is 5.91 Å². The van der Waals surface area contributed by atoms with E-state index in [-0.39, 0.29) is 22.9 Å². The summed E-state index contributed by atoms with van der Waals surface area (Å²) in [4.78, 5) is 26.0. The lowest BCUT2D eigenvalue weighted by atomic mass is 10.0. The molecule has 5 aromatic rings. The second kappa shape index (κ2) is 12.8. The number of hydrogen-bond acceptors (Lipinski definition) is 6. The van der Waals surface area contributed by atoms with E-state index in [2.05, 4.69) is 20.9 Å². The Kier molecular flexibility index (Phi) is 8.53. The Morgan fingerprint density at radius 1 is 0.786 bits per heavy atom. The van der Waals surface area contributed by atoms with E-state index in [1.54, 1.807) is 48.5 Å². The van der Waals surface area contributed by atoms with Crippen LogP contribution < -0.4 is 15.4 Å². The van der Waals surface area contributed by atoms with Crippen LogP contribution in [-0.2, 0) is 6.42 Å². The van der Waals surface area contributed by atoms with Crippen LogP contribution in [0.2, 0.25) is 0 Å². The van der Waals surface area contributed by atoms with E-state index in [0.29, 0.717) is 46.8 Å². The lowest BCUT2D eigenvalue weighted by molar-refractivity contribution is 0.101. The average molecular weight is 559 g/mol. The third kappa shape index (κ3) is 6.13. The van der Waals surface area contributed by atoms with Gasteiger partial charge in [0.05, 0.1) is 23.5 Å². The molecule has 0 radical (unpaired) electrons. The number of para-hydroxylation sites is 1. The lowest BCUT2D eigenvalue weighted by Crippen LogP contribution is -2.13. The summed E-state index contributed by atoms with van der Waals surface area (Å²) in [5.41, 5.74) is 3.24. The molecular formula is C34H30N4O4. The topological polar surface area (TPSA) is 112 Å². The van der Waals surface area contributed by atoms with Gasteiger partial charge in [0.2, 0.25) is 0 Å². The van der Waals surface area contributed by atoms with Gasteiger partial charge in [0.1, 0.15) is 11.4 Å². The van der Waals surface area contributed by atoms with Gasteiger partial charge in [-0.25, -0.2) is 0 Å². The van der Waals surface area contributed by atoms with Crippen LogP contribution in [0.15, 0.2) is 113 Å². The summed E-state index contributed by atoms with van der Waals surface area (Å²) in [5.74, 6) is -0.555. The summed E-state index contributed by atoms with van der Waals surface area (Å²) in [5, 5.41) is 27.3. The third-order valence-corrected chi connectivity index (χ3v) is 6.67. The van der Waals surface area contributed by atoms with Crippen molar-refractivity contribution in [1.29, 1.82) is 0 Å². The molecule has 0 atom stereocenters. The molecule has 5 aromatic carbocycles. The molecule has 5 rings (SSSR count). The number of nitrogens with one attached hydrogen (secondary N) is 2. The maximum absolute atomic E-state index is 13.2. The fraction of sp³-hybridized carbons (Fsp3) is 0.118. The molecule has 0 spiro atoms. The second-order valence-electron chi connectivity index (χ2n) is 9.45. The standard InChI is InChI=1S/C34H30N4O4/c1-3-22-20-29(36-33(40)23-13-7-5-8-14-23)30(42-4-2)21-28(22)37-38-31-26-18-12-11-15-24(26)19-27(32(31)39)34(41)35-25-16-9-6-10-17-25/h5-21,39H,3-4H2,1-2H3,(H,35,41)(H,36,40). The van der Waals surface area contributed by atoms with Crippen LogP contribution in [0.1, 0.15) is 40.1 Å². The van der Waals surface area contributed by atoms with Crippen LogP contribution in [-0.4, -0.2) is 23.5 Å². The van der Waals surface area contributed by atoms with Gasteiger partial charge < -0.3 is 20.5 Å². The molecule has 0 bridgehead atoms. The number of phenolic OH excluding ortho intramolecular Hbond substituents is 1. The van der Waals surface area contributed by atoms with E-state index in [9.17, 15) is 14.7 Å². The smallest absolute Gasteiger partial charge is 0.259 e. The van der Waals surface area contributed by atoms with Crippen LogP contribution >= 0.6 is 0 Å². The van der Waals surface area contributed by atoms with E-state index in [1.165, 1.54) is 0 Å². The Balaban J connectivity index is 1.53. The van der Waals surface area contributed by atoms with E-state index in [0.717, 1.165) is 10.9 Å². The molecule has 0 unspecified atom stereocenters. The molecular weight excluding hydrogens is 528 g/mol. The minimum absolute atomic E-state index is 0.0798. The Hall–Kier alpha value is -5.50. The van der Waals surface area contributed by atoms with Gasteiger partial charge in [0.25, 0.3) is 11.8 Å². The molecule has 0 aromatic heterocycles. The minimum atomic E-state index is -0.465. The molecule has 0 aliphatic carbocycles. The van der Waals surface area contributed by atoms with Crippen LogP contribution in [0.4, 0.5) is 22.7 Å². The number of aromatic hydroxyl groups is 1. The predicted octanol–water partition coefficient (Wildman–Crippen LogP) is 8.43. The number of azo groups is 1. The van der Waals surface area contributed by atoms with E-state index >= 15 is 0 Å². The number of hydrogen-bond donors (Lipinski definition) is 3. The lowest BCUT2D eigenvalue weighted by Gasteiger charge is -2.15. The number of amides is 2. The number of phenols is 1. The van der Waals surface area contributed by atoms with Gasteiger partial charge in [-0.3, -0.25) is 9.59 Å². The molecule has 0 saturated heterocycles. The first-order valence-corrected chi connectivity index (χ1v) is 13.7. The SMILES string of the molecule is CCOc1cc(N=Nc2c(O)c(C(=O)Nc3ccccc3)cc3ccccc23)c(CC)cc1NC(=O)c1ccccc1. The van der Waals surface area contributed by atoms with Crippen LogP contribution in [0.5, 0.6) is 11.5 Å². The number of nitrogens with zero attached hydrogens (tertiary/aromatic N) is 2. The Morgan fingerprint density at radius 2 is 1.48 bits per heavy atom. The van der Waals surface area contributed by atoms with Crippen molar-refractivity contribution in [3.63, 3.8) is 0 Å². The molecule has 42 heavy (non-hydrogen) atoms. The van der Waals surface area contributed by atoms with E-state index in [4.69, 9.17) is 4.74 Å². The molecule has 0 aliphatic rings. The van der Waals surface area contributed by atoms with Gasteiger partial charge in [0, 0.05) is 22.7 Å². The number of carbonyl (C=O) groups is 2. The first-order valence-electron chi connectivity index (χ1n) is 13.7. The van der Waals surface area contributed by atoms with Crippen LogP contribution in [0, 0.1) is 0 Å². The molecule has 2 amide bonds. The van der Waals surface area contributed by atoms with Crippen molar-refractivity contribution in [1.82, 2.24) is 0 Å². The third-order valence-electron chi connectivity index (χ3n) is 6.67. The number of carbonyl (C=O) groups excluding carboxylic acids is 2. The average Bonchev–Trinajstić information content (AvgIpc) is 3.02. The summed E-state index contributed by atoms with van der Waals surface area (Å²) < 4.78 is 5.85. The highest BCUT2D eigenvalue weighted by atomic mass is 16.5. The zero-order valence-corrected chi connectivity index (χ0v) is 23.3. The summed E-state index contributed by atoms with van der Waals surface area (Å²) in [6, 6.07) is 30.5. The van der Waals surface area contributed by atoms with Crippen LogP contribution in [0.25, 0.3) is 10.8 Å². The quantitative estimate of drug-likeness (QED) is 0.158. The van der Waals surface area contributed by atoms with Gasteiger partial charge in [-0.05, 0) is 60.7 Å². The highest BCUT2D eigenvalue weighted by Gasteiger charge is 2.19. The molecule has 8 nitrogen and oxygen atoms in total. The van der Waals surface area contributed by atoms with Crippen molar-refractivity contribution in [3.05, 3.63) is 120 Å². The molecule has 0 heterocycles. The predicted molar refractivity (Wildman–Crippen MR) is 166 cm³/mol. The zero-order chi connectivity index (χ0) is 29.5. The number of rotatable bonds is 9. The monoisotopic (exact) mass is 558 g/mol. The van der Waals surface area contributed by atoms with Crippen molar-refractivity contribution in [3.8, 4) is 11.5 Å². The summed E-state index contributed by atoms with van der Waals surface area (Å²) >= 11 is 0. The van der Waals surface area contributed by atoms with Crippen LogP contribution in [0.3, 0.4) is 0 Å².